The fourth-order valence-electron chi connectivity index (χ4n) is 9.39. The van der Waals surface area contributed by atoms with E-state index in [9.17, 15) is 35.1 Å². The highest BCUT2D eigenvalue weighted by molar-refractivity contribution is 5.95. The monoisotopic (exact) mass is 520 g/mol. The summed E-state index contributed by atoms with van der Waals surface area (Å²) in [6, 6.07) is 0. The van der Waals surface area contributed by atoms with Gasteiger partial charge in [-0.1, -0.05) is 20.8 Å². The highest BCUT2D eigenvalue weighted by atomic mass is 16.6. The molecule has 1 unspecified atom stereocenters. The fourth-order valence-corrected chi connectivity index (χ4v) is 9.39. The number of aliphatic hydroxyl groups excluding tert-OH is 3. The number of carbonyl (C=O) groups excluding carboxylic acids is 2. The third kappa shape index (κ3) is 3.65. The number of ether oxygens (including phenoxy) is 1. The van der Waals surface area contributed by atoms with Crippen molar-refractivity contribution in [2.75, 3.05) is 0 Å². The smallest absolute Gasteiger partial charge is 0.309 e. The van der Waals surface area contributed by atoms with Crippen LogP contribution in [0.5, 0.6) is 0 Å². The Morgan fingerprint density at radius 2 is 1.78 bits per heavy atom. The van der Waals surface area contributed by atoms with Gasteiger partial charge in [0.05, 0.1) is 35.4 Å². The van der Waals surface area contributed by atoms with E-state index in [1.165, 1.54) is 0 Å². The first-order valence-corrected chi connectivity index (χ1v) is 14.0. The summed E-state index contributed by atoms with van der Waals surface area (Å²) in [5, 5.41) is 56.2. The molecule has 0 bridgehead atoms. The topological polar surface area (TPSA) is 145 Å². The minimum atomic E-state index is -1.52. The van der Waals surface area contributed by atoms with Crippen molar-refractivity contribution in [1.82, 2.24) is 0 Å². The summed E-state index contributed by atoms with van der Waals surface area (Å²) in [5.41, 5.74) is -3.47. The van der Waals surface area contributed by atoms with Crippen LogP contribution in [0.25, 0.3) is 0 Å². The number of ketones is 1. The first-order chi connectivity index (χ1) is 17.1. The molecular weight excluding hydrogens is 476 g/mol. The van der Waals surface area contributed by atoms with Crippen molar-refractivity contribution < 1.29 is 39.9 Å². The van der Waals surface area contributed by atoms with Crippen molar-refractivity contribution >= 4 is 11.8 Å². The Labute approximate surface area is 219 Å². The lowest BCUT2D eigenvalue weighted by molar-refractivity contribution is -0.178. The van der Waals surface area contributed by atoms with Gasteiger partial charge < -0.3 is 30.3 Å². The molecule has 3 saturated carbocycles. The fraction of sp³-hybridized carbons (Fsp3) is 0.862. The van der Waals surface area contributed by atoms with E-state index in [1.54, 1.807) is 19.9 Å². The van der Waals surface area contributed by atoms with Crippen LogP contribution in [0.15, 0.2) is 11.6 Å². The van der Waals surface area contributed by atoms with Crippen LogP contribution in [-0.2, 0) is 14.3 Å². The summed E-state index contributed by atoms with van der Waals surface area (Å²) >= 11 is 0. The van der Waals surface area contributed by atoms with Crippen molar-refractivity contribution in [1.29, 1.82) is 0 Å². The average Bonchev–Trinajstić information content (AvgIpc) is 3.23. The van der Waals surface area contributed by atoms with Crippen LogP contribution in [-0.4, -0.2) is 72.9 Å². The van der Waals surface area contributed by atoms with Crippen LogP contribution in [0.4, 0.5) is 0 Å². The third-order valence-corrected chi connectivity index (χ3v) is 11.9. The number of hydrogen-bond acceptors (Lipinski definition) is 8. The maximum absolute atomic E-state index is 13.3. The lowest BCUT2D eigenvalue weighted by Gasteiger charge is -2.60. The second-order valence-corrected chi connectivity index (χ2v) is 13.7. The summed E-state index contributed by atoms with van der Waals surface area (Å²) in [6.07, 6.45) is 1.21. The van der Waals surface area contributed by atoms with E-state index in [-0.39, 0.29) is 48.5 Å². The Morgan fingerprint density at radius 3 is 2.41 bits per heavy atom. The lowest BCUT2D eigenvalue weighted by Crippen LogP contribution is -2.63. The third-order valence-electron chi connectivity index (χ3n) is 11.9. The Hall–Kier alpha value is -1.32. The van der Waals surface area contributed by atoms with Gasteiger partial charge >= 0.3 is 5.97 Å². The molecule has 5 aliphatic rings. The van der Waals surface area contributed by atoms with Gasteiger partial charge in [0, 0.05) is 17.3 Å². The molecule has 1 aliphatic heterocycles. The molecule has 37 heavy (non-hydrogen) atoms. The van der Waals surface area contributed by atoms with E-state index in [0.717, 1.165) is 0 Å². The molecule has 5 N–H and O–H groups in total. The Bertz CT molecular complexity index is 1010. The normalized spacial score (nSPS) is 51.9. The van der Waals surface area contributed by atoms with E-state index in [1.807, 2.05) is 20.8 Å². The quantitative estimate of drug-likeness (QED) is 0.354. The summed E-state index contributed by atoms with van der Waals surface area (Å²) in [7, 11) is 0. The minimum Gasteiger partial charge on any atom is -0.462 e. The standard InChI is InChI=1S/C29H44O8/c1-14-16(15(2)37-25(14)34)10-24(33)28(5,35)23-7-9-29(36)18-11-20(30)19-12-21(31)22(32)13-26(19,3)17(18)6-8-27(23,29)4/h11,14-17,19,21-24,31-33,35-36H,6-10,12-13H2,1-5H3/t14-,15+,16?,17+,19+,21-,22+,23+,24-,26-,27-,28-,29-/m1/s1. The van der Waals surface area contributed by atoms with Crippen molar-refractivity contribution in [2.45, 2.75) is 115 Å². The Balaban J connectivity index is 1.44. The molecule has 0 aromatic rings. The Morgan fingerprint density at radius 1 is 1.11 bits per heavy atom. The molecule has 0 spiro atoms. The Kier molecular flexibility index (Phi) is 6.33. The number of fused-ring (bicyclic) bond motifs is 5. The molecule has 0 aromatic heterocycles. The van der Waals surface area contributed by atoms with Gasteiger partial charge in [-0.15, -0.1) is 0 Å². The lowest BCUT2D eigenvalue weighted by atomic mass is 9.45. The second-order valence-electron chi connectivity index (χ2n) is 13.7. The van der Waals surface area contributed by atoms with Gasteiger partial charge in [-0.2, -0.15) is 0 Å². The van der Waals surface area contributed by atoms with Crippen molar-refractivity contribution in [3.8, 4) is 0 Å². The molecule has 0 radical (unpaired) electrons. The van der Waals surface area contributed by atoms with E-state index in [2.05, 4.69) is 0 Å². The summed E-state index contributed by atoms with van der Waals surface area (Å²) in [5.74, 6) is -1.88. The van der Waals surface area contributed by atoms with Crippen molar-refractivity contribution in [3.63, 3.8) is 0 Å². The molecule has 13 atom stereocenters. The van der Waals surface area contributed by atoms with E-state index in [0.29, 0.717) is 37.7 Å². The summed E-state index contributed by atoms with van der Waals surface area (Å²) < 4.78 is 5.34. The van der Waals surface area contributed by atoms with Crippen LogP contribution in [0.1, 0.15) is 79.6 Å². The molecule has 1 heterocycles. The SMILES string of the molecule is C[C@@H]1OC(=O)[C@H](C)C1C[C@@H](O)[C@](C)(O)[C@H]1CC[C@@]2(O)C3=CC(=O)[C@@H]4C[C@@H](O)[C@@H](O)C[C@]4(C)[C@H]3CC[C@]12C. The predicted molar refractivity (Wildman–Crippen MR) is 134 cm³/mol. The van der Waals surface area contributed by atoms with Gasteiger partial charge in [0.2, 0.25) is 0 Å². The molecule has 5 rings (SSSR count). The number of hydrogen-bond donors (Lipinski definition) is 5. The van der Waals surface area contributed by atoms with Crippen LogP contribution in [0, 0.1) is 40.4 Å². The summed E-state index contributed by atoms with van der Waals surface area (Å²) in [6.45, 7) is 9.21. The van der Waals surface area contributed by atoms with Gasteiger partial charge in [0.15, 0.2) is 5.78 Å². The number of allylic oxidation sites excluding steroid dienone is 1. The molecule has 208 valence electrons. The molecular formula is C29H44O8. The van der Waals surface area contributed by atoms with Gasteiger partial charge in [-0.05, 0) is 87.7 Å². The minimum absolute atomic E-state index is 0.104. The molecule has 0 aromatic carbocycles. The van der Waals surface area contributed by atoms with Gasteiger partial charge in [-0.3, -0.25) is 9.59 Å². The molecule has 8 heteroatoms. The van der Waals surface area contributed by atoms with E-state index >= 15 is 0 Å². The van der Waals surface area contributed by atoms with E-state index < -0.39 is 52.2 Å². The highest BCUT2D eigenvalue weighted by Crippen LogP contribution is 2.68. The highest BCUT2D eigenvalue weighted by Gasteiger charge is 2.69. The number of aliphatic hydroxyl groups is 5. The van der Waals surface area contributed by atoms with Crippen LogP contribution in [0.2, 0.25) is 0 Å². The van der Waals surface area contributed by atoms with Gasteiger partial charge in [0.25, 0.3) is 0 Å². The van der Waals surface area contributed by atoms with Crippen LogP contribution in [0.3, 0.4) is 0 Å². The van der Waals surface area contributed by atoms with Crippen LogP contribution < -0.4 is 0 Å². The number of carbonyl (C=O) groups is 2. The number of cyclic esters (lactones) is 1. The molecule has 4 fully saturated rings. The largest absolute Gasteiger partial charge is 0.462 e. The maximum atomic E-state index is 13.3. The average molecular weight is 521 g/mol. The first-order valence-electron chi connectivity index (χ1n) is 14.0. The van der Waals surface area contributed by atoms with Crippen molar-refractivity contribution in [3.05, 3.63) is 11.6 Å². The zero-order valence-electron chi connectivity index (χ0n) is 22.7. The zero-order valence-corrected chi connectivity index (χ0v) is 22.7. The van der Waals surface area contributed by atoms with Gasteiger partial charge in [0.1, 0.15) is 6.10 Å². The zero-order chi connectivity index (χ0) is 27.3. The molecule has 4 aliphatic carbocycles. The van der Waals surface area contributed by atoms with Crippen LogP contribution >= 0.6 is 0 Å². The number of rotatable bonds is 4. The van der Waals surface area contributed by atoms with Gasteiger partial charge in [-0.25, -0.2) is 0 Å². The molecule has 0 amide bonds. The second kappa shape index (κ2) is 8.59. The molecule has 8 nitrogen and oxygen atoms in total. The summed E-state index contributed by atoms with van der Waals surface area (Å²) in [4.78, 5) is 25.4. The van der Waals surface area contributed by atoms with E-state index in [4.69, 9.17) is 4.74 Å². The number of esters is 1. The first kappa shape index (κ1) is 27.3. The maximum Gasteiger partial charge on any atom is 0.309 e. The van der Waals surface area contributed by atoms with Crippen molar-refractivity contribution in [2.24, 2.45) is 40.4 Å². The molecule has 1 saturated heterocycles. The predicted octanol–water partition coefficient (Wildman–Crippen LogP) is 1.89.